The van der Waals surface area contributed by atoms with Crippen LogP contribution in [0.1, 0.15) is 50.7 Å². The van der Waals surface area contributed by atoms with Gasteiger partial charge in [-0.2, -0.15) is 10.2 Å². The third kappa shape index (κ3) is 8.33. The maximum atomic E-state index is 12.2. The molecule has 6 nitrogen and oxygen atoms in total. The van der Waals surface area contributed by atoms with E-state index in [1.807, 2.05) is 98.8 Å². The van der Waals surface area contributed by atoms with Crippen molar-refractivity contribution >= 4 is 23.2 Å². The first-order chi connectivity index (χ1) is 19.5. The van der Waals surface area contributed by atoms with Crippen molar-refractivity contribution in [2.75, 3.05) is 0 Å². The van der Waals surface area contributed by atoms with Gasteiger partial charge >= 0.3 is 0 Å². The van der Waals surface area contributed by atoms with Crippen LogP contribution in [0.15, 0.2) is 119 Å². The summed E-state index contributed by atoms with van der Waals surface area (Å²) in [5, 5.41) is 8.46. The fourth-order valence-corrected chi connectivity index (χ4v) is 4.17. The topological polar surface area (TPSA) is 82.9 Å². The molecule has 0 saturated heterocycles. The van der Waals surface area contributed by atoms with Gasteiger partial charge in [-0.1, -0.05) is 109 Å². The molecule has 0 aromatic heterocycles. The number of nitrogens with zero attached hydrogens (tertiary/aromatic N) is 2. The molecule has 0 atom stereocenters. The number of carbonyl (C=O) groups is 2. The number of nitrogens with one attached hydrogen (secondary N) is 2. The van der Waals surface area contributed by atoms with Gasteiger partial charge in [0.1, 0.15) is 0 Å². The number of hydrazone groups is 2. The van der Waals surface area contributed by atoms with Crippen LogP contribution in [0, 0.1) is 0 Å². The van der Waals surface area contributed by atoms with E-state index >= 15 is 0 Å². The van der Waals surface area contributed by atoms with E-state index in [1.54, 1.807) is 0 Å². The van der Waals surface area contributed by atoms with Gasteiger partial charge in [0.15, 0.2) is 0 Å². The van der Waals surface area contributed by atoms with Crippen LogP contribution >= 0.6 is 0 Å². The summed E-state index contributed by atoms with van der Waals surface area (Å²) in [7, 11) is 0. The van der Waals surface area contributed by atoms with Crippen LogP contribution < -0.4 is 10.9 Å². The van der Waals surface area contributed by atoms with E-state index in [1.165, 1.54) is 0 Å². The van der Waals surface area contributed by atoms with Gasteiger partial charge in [0.2, 0.25) is 11.8 Å². The minimum absolute atomic E-state index is 0.173. The molecule has 2 amide bonds. The van der Waals surface area contributed by atoms with Gasteiger partial charge in [0.05, 0.1) is 11.4 Å². The summed E-state index contributed by atoms with van der Waals surface area (Å²) in [4.78, 5) is 24.4. The Kier molecular flexibility index (Phi) is 10.1. The summed E-state index contributed by atoms with van der Waals surface area (Å²) >= 11 is 0. The fourth-order valence-electron chi connectivity index (χ4n) is 4.17. The van der Waals surface area contributed by atoms with Crippen molar-refractivity contribution in [2.45, 2.75) is 39.5 Å². The Morgan fingerprint density at radius 1 is 0.500 bits per heavy atom. The Labute approximate surface area is 235 Å². The highest BCUT2D eigenvalue weighted by Gasteiger charge is 2.06. The molecule has 0 radical (unpaired) electrons. The molecule has 4 aromatic rings. The van der Waals surface area contributed by atoms with Crippen molar-refractivity contribution in [1.82, 2.24) is 10.9 Å². The van der Waals surface area contributed by atoms with Gasteiger partial charge < -0.3 is 0 Å². The lowest BCUT2D eigenvalue weighted by atomic mass is 10.0. The molecule has 4 aromatic carbocycles. The van der Waals surface area contributed by atoms with Gasteiger partial charge in [-0.05, 0) is 60.1 Å². The summed E-state index contributed by atoms with van der Waals surface area (Å²) in [5.41, 5.74) is 13.1. The normalized spacial score (nSPS) is 11.7. The van der Waals surface area contributed by atoms with Crippen molar-refractivity contribution in [2.24, 2.45) is 10.2 Å². The second-order valence-corrected chi connectivity index (χ2v) is 9.56. The SMILES string of the molecule is C/C(=N\NC(=O)CCCCC(=O)N/N=C(\C)c1ccc(-c2ccccc2)cc1)c1ccc(-c2ccccc2)cc1. The molecule has 2 N–H and O–H groups in total. The second-order valence-electron chi connectivity index (χ2n) is 9.56. The molecule has 0 bridgehead atoms. The predicted molar refractivity (Wildman–Crippen MR) is 163 cm³/mol. The molecular weight excluding hydrogens is 496 g/mol. The highest BCUT2D eigenvalue weighted by atomic mass is 16.2. The summed E-state index contributed by atoms with van der Waals surface area (Å²) in [6, 6.07) is 36.5. The first-order valence-corrected chi connectivity index (χ1v) is 13.5. The van der Waals surface area contributed by atoms with Crippen molar-refractivity contribution < 1.29 is 9.59 Å². The molecule has 0 aliphatic rings. The van der Waals surface area contributed by atoms with E-state index in [4.69, 9.17) is 0 Å². The lowest BCUT2D eigenvalue weighted by Crippen LogP contribution is -2.20. The zero-order valence-electron chi connectivity index (χ0n) is 22.9. The number of hydrogen-bond donors (Lipinski definition) is 2. The van der Waals surface area contributed by atoms with Crippen LogP contribution in [0.4, 0.5) is 0 Å². The zero-order chi connectivity index (χ0) is 28.2. The summed E-state index contributed by atoms with van der Waals surface area (Å²) in [5.74, 6) is -0.345. The van der Waals surface area contributed by atoms with Crippen LogP contribution in [-0.4, -0.2) is 23.2 Å². The van der Waals surface area contributed by atoms with E-state index in [9.17, 15) is 9.59 Å². The van der Waals surface area contributed by atoms with Crippen LogP contribution in [-0.2, 0) is 9.59 Å². The summed E-state index contributed by atoms with van der Waals surface area (Å²) < 4.78 is 0. The van der Waals surface area contributed by atoms with E-state index in [2.05, 4.69) is 45.3 Å². The Hall–Kier alpha value is -4.84. The molecular formula is C34H34N4O2. The number of amides is 2. The van der Waals surface area contributed by atoms with Gasteiger partial charge in [0.25, 0.3) is 0 Å². The highest BCUT2D eigenvalue weighted by molar-refractivity contribution is 6.00. The van der Waals surface area contributed by atoms with Gasteiger partial charge in [-0.25, -0.2) is 10.9 Å². The average molecular weight is 531 g/mol. The number of carbonyl (C=O) groups excluding carboxylic acids is 2. The minimum atomic E-state index is -0.173. The third-order valence-electron chi connectivity index (χ3n) is 6.57. The van der Waals surface area contributed by atoms with E-state index in [0.29, 0.717) is 25.7 Å². The Bertz CT molecular complexity index is 1350. The minimum Gasteiger partial charge on any atom is -0.273 e. The Morgan fingerprint density at radius 3 is 1.18 bits per heavy atom. The number of unbranched alkanes of at least 4 members (excludes halogenated alkanes) is 1. The van der Waals surface area contributed by atoms with Crippen molar-refractivity contribution in [3.8, 4) is 22.3 Å². The lowest BCUT2D eigenvalue weighted by molar-refractivity contribution is -0.123. The largest absolute Gasteiger partial charge is 0.273 e. The molecule has 0 heterocycles. The molecule has 0 aliphatic carbocycles. The number of benzene rings is 4. The highest BCUT2D eigenvalue weighted by Crippen LogP contribution is 2.20. The van der Waals surface area contributed by atoms with Crippen LogP contribution in [0.2, 0.25) is 0 Å². The van der Waals surface area contributed by atoms with Crippen molar-refractivity contribution in [3.63, 3.8) is 0 Å². The van der Waals surface area contributed by atoms with E-state index in [-0.39, 0.29) is 11.8 Å². The van der Waals surface area contributed by atoms with E-state index in [0.717, 1.165) is 44.8 Å². The first kappa shape index (κ1) is 28.2. The third-order valence-corrected chi connectivity index (χ3v) is 6.57. The standard InChI is InChI=1S/C34H34N4O2/c1-25(27-17-21-31(22-18-27)29-11-5-3-6-12-29)35-37-33(39)15-9-10-16-34(40)38-36-26(2)28-19-23-32(24-20-28)30-13-7-4-8-14-30/h3-8,11-14,17-24H,9-10,15-16H2,1-2H3,(H,37,39)(H,38,40)/b35-25+,36-26+. The molecule has 0 aliphatic heterocycles. The maximum Gasteiger partial charge on any atom is 0.240 e. The molecule has 4 rings (SSSR count). The second kappa shape index (κ2) is 14.4. The molecule has 6 heteroatoms. The Balaban J connectivity index is 1.15. The molecule has 0 spiro atoms. The summed E-state index contributed by atoms with van der Waals surface area (Å²) in [6.07, 6.45) is 1.77. The van der Waals surface area contributed by atoms with Crippen molar-refractivity contribution in [1.29, 1.82) is 0 Å². The van der Waals surface area contributed by atoms with Gasteiger partial charge in [-0.3, -0.25) is 9.59 Å². The summed E-state index contributed by atoms with van der Waals surface area (Å²) in [6.45, 7) is 3.73. The molecule has 0 unspecified atom stereocenters. The molecule has 0 saturated carbocycles. The van der Waals surface area contributed by atoms with Crippen LogP contribution in [0.5, 0.6) is 0 Å². The van der Waals surface area contributed by atoms with Crippen LogP contribution in [0.3, 0.4) is 0 Å². The van der Waals surface area contributed by atoms with E-state index < -0.39 is 0 Å². The average Bonchev–Trinajstić information content (AvgIpc) is 3.01. The first-order valence-electron chi connectivity index (χ1n) is 13.5. The Morgan fingerprint density at radius 2 is 0.825 bits per heavy atom. The van der Waals surface area contributed by atoms with Gasteiger partial charge in [0, 0.05) is 12.8 Å². The fraction of sp³-hybridized carbons (Fsp3) is 0.176. The lowest BCUT2D eigenvalue weighted by Gasteiger charge is -2.06. The number of hydrogen-bond acceptors (Lipinski definition) is 4. The van der Waals surface area contributed by atoms with Crippen molar-refractivity contribution in [3.05, 3.63) is 120 Å². The quantitative estimate of drug-likeness (QED) is 0.125. The smallest absolute Gasteiger partial charge is 0.240 e. The number of rotatable bonds is 11. The van der Waals surface area contributed by atoms with Crippen LogP contribution in [0.25, 0.3) is 22.3 Å². The molecule has 40 heavy (non-hydrogen) atoms. The van der Waals surface area contributed by atoms with Gasteiger partial charge in [-0.15, -0.1) is 0 Å². The predicted octanol–water partition coefficient (Wildman–Crippen LogP) is 6.96. The monoisotopic (exact) mass is 530 g/mol. The molecule has 0 fully saturated rings. The molecule has 202 valence electrons. The zero-order valence-corrected chi connectivity index (χ0v) is 22.9. The maximum absolute atomic E-state index is 12.2.